The molecule has 2 unspecified atom stereocenters. The van der Waals surface area contributed by atoms with Crippen LogP contribution in [0, 0.1) is 13.8 Å². The smallest absolute Gasteiger partial charge is 0.241 e. The Labute approximate surface area is 275 Å². The number of hydrogen-bond donors (Lipinski definition) is 0. The molecule has 1 saturated heterocycles. The first-order valence-corrected chi connectivity index (χ1v) is 15.5. The molecule has 0 aliphatic carbocycles. The molecular weight excluding hydrogens is 604 g/mol. The highest BCUT2D eigenvalue weighted by Gasteiger charge is 2.59. The zero-order valence-corrected chi connectivity index (χ0v) is 28.4. The van der Waals surface area contributed by atoms with Crippen molar-refractivity contribution >= 4 is 11.7 Å². The summed E-state index contributed by atoms with van der Waals surface area (Å²) >= 11 is 0. The number of likely N-dealkylation sites (N-methyl/N-ethyl adjacent to an activating group) is 1. The van der Waals surface area contributed by atoms with E-state index in [0.717, 1.165) is 22.3 Å². The zero-order chi connectivity index (χ0) is 33.7. The molecule has 1 fully saturated rings. The molecule has 11 heteroatoms. The Bertz CT molecular complexity index is 1720. The summed E-state index contributed by atoms with van der Waals surface area (Å²) in [5, 5.41) is 0. The lowest BCUT2D eigenvalue weighted by atomic mass is 9.72. The van der Waals surface area contributed by atoms with E-state index in [1.165, 1.54) is 14.2 Å². The maximum Gasteiger partial charge on any atom is 0.241 e. The van der Waals surface area contributed by atoms with Crippen molar-refractivity contribution < 1.29 is 42.7 Å². The summed E-state index contributed by atoms with van der Waals surface area (Å²) in [7, 11) is 11.3. The maximum absolute atomic E-state index is 15.1. The van der Waals surface area contributed by atoms with E-state index < -0.39 is 24.2 Å². The predicted molar refractivity (Wildman–Crippen MR) is 173 cm³/mol. The first kappa shape index (κ1) is 32.5. The Kier molecular flexibility index (Phi) is 8.71. The van der Waals surface area contributed by atoms with Gasteiger partial charge in [-0.15, -0.1) is 0 Å². The quantitative estimate of drug-likeness (QED) is 0.310. The number of carbonyl (C=O) groups excluding carboxylic acids is 2. The van der Waals surface area contributed by atoms with Gasteiger partial charge in [-0.05, 0) is 26.5 Å². The molecule has 3 heterocycles. The zero-order valence-electron chi connectivity index (χ0n) is 28.4. The molecule has 0 aromatic heterocycles. The first-order valence-electron chi connectivity index (χ1n) is 15.5. The van der Waals surface area contributed by atoms with E-state index in [1.54, 1.807) is 33.3 Å². The number of amides is 1. The number of methoxy groups -OCH3 is 6. The minimum Gasteiger partial charge on any atom is -0.496 e. The maximum atomic E-state index is 15.1. The van der Waals surface area contributed by atoms with Gasteiger partial charge < -0.3 is 38.1 Å². The summed E-state index contributed by atoms with van der Waals surface area (Å²) < 4.78 is 41.9. The van der Waals surface area contributed by atoms with Crippen LogP contribution in [0.5, 0.6) is 34.5 Å². The van der Waals surface area contributed by atoms with Crippen molar-refractivity contribution in [1.29, 1.82) is 0 Å². The molecule has 1 amide bonds. The number of carbonyl (C=O) groups is 2. The van der Waals surface area contributed by atoms with Gasteiger partial charge in [0.05, 0.1) is 79.6 Å². The number of Topliss-reactive ketones (excluding diaryl/α,β-unsaturated/α-hetero) is 1. The molecule has 3 aromatic rings. The van der Waals surface area contributed by atoms with Crippen LogP contribution in [0.1, 0.15) is 55.8 Å². The second-order valence-electron chi connectivity index (χ2n) is 12.0. The summed E-state index contributed by atoms with van der Waals surface area (Å²) in [6, 6.07) is 6.96. The second-order valence-corrected chi connectivity index (χ2v) is 12.0. The summed E-state index contributed by atoms with van der Waals surface area (Å²) in [6.07, 6.45) is 0.352. The average molecular weight is 647 g/mol. The molecule has 0 radical (unpaired) electrons. The van der Waals surface area contributed by atoms with Gasteiger partial charge in [-0.3, -0.25) is 14.5 Å². The number of fused-ring (bicyclic) bond motifs is 7. The average Bonchev–Trinajstić information content (AvgIpc) is 3.07. The van der Waals surface area contributed by atoms with E-state index in [-0.39, 0.29) is 18.3 Å². The fourth-order valence-corrected chi connectivity index (χ4v) is 7.98. The van der Waals surface area contributed by atoms with Crippen LogP contribution in [-0.4, -0.2) is 89.9 Å². The van der Waals surface area contributed by atoms with Crippen LogP contribution in [-0.2, 0) is 22.6 Å². The Morgan fingerprint density at radius 2 is 1.26 bits per heavy atom. The Morgan fingerprint density at radius 1 is 0.702 bits per heavy atom. The molecule has 3 aliphatic heterocycles. The van der Waals surface area contributed by atoms with E-state index in [9.17, 15) is 4.79 Å². The SMILES string of the molecule is COc1c(C)c(OC)c(OC)c2c1C[C@H]1C(=O)N3C(C(=O)c4c(OC)c(C)c(OC)c(OC)c4[C@@H]3COCc3ccccc3)C2N1C. The number of ether oxygens (including phenoxy) is 7. The molecule has 47 heavy (non-hydrogen) atoms. The monoisotopic (exact) mass is 646 g/mol. The van der Waals surface area contributed by atoms with Crippen molar-refractivity contribution in [3.8, 4) is 34.5 Å². The molecule has 0 saturated carbocycles. The van der Waals surface area contributed by atoms with Crippen LogP contribution in [0.3, 0.4) is 0 Å². The highest BCUT2D eigenvalue weighted by Crippen LogP contribution is 2.58. The van der Waals surface area contributed by atoms with Gasteiger partial charge in [0.2, 0.25) is 5.91 Å². The van der Waals surface area contributed by atoms with Gasteiger partial charge >= 0.3 is 0 Å². The molecular formula is C36H42N2O9. The van der Waals surface area contributed by atoms with Gasteiger partial charge in [0, 0.05) is 34.2 Å². The van der Waals surface area contributed by atoms with Crippen LogP contribution < -0.4 is 28.4 Å². The van der Waals surface area contributed by atoms with Gasteiger partial charge in [0.25, 0.3) is 0 Å². The van der Waals surface area contributed by atoms with Crippen molar-refractivity contribution in [1.82, 2.24) is 9.80 Å². The lowest BCUT2D eigenvalue weighted by Crippen LogP contribution is -2.68. The Hall–Kier alpha value is -4.48. The molecule has 250 valence electrons. The van der Waals surface area contributed by atoms with E-state index in [4.69, 9.17) is 33.2 Å². The number of benzene rings is 3. The van der Waals surface area contributed by atoms with E-state index >= 15 is 4.79 Å². The van der Waals surface area contributed by atoms with Crippen LogP contribution >= 0.6 is 0 Å². The number of rotatable bonds is 10. The van der Waals surface area contributed by atoms with Gasteiger partial charge in [0.1, 0.15) is 17.5 Å². The molecule has 6 rings (SSSR count). The van der Waals surface area contributed by atoms with Gasteiger partial charge in [-0.1, -0.05) is 30.3 Å². The third kappa shape index (κ3) is 4.70. The molecule has 0 N–H and O–H groups in total. The molecule has 3 aromatic carbocycles. The molecule has 11 nitrogen and oxygen atoms in total. The summed E-state index contributed by atoms with van der Waals surface area (Å²) in [6.45, 7) is 4.13. The normalized spacial score (nSPS) is 21.4. The third-order valence-electron chi connectivity index (χ3n) is 9.92. The topological polar surface area (TPSA) is 105 Å². The molecule has 2 bridgehead atoms. The summed E-state index contributed by atoms with van der Waals surface area (Å²) in [5.41, 5.74) is 4.79. The van der Waals surface area contributed by atoms with E-state index in [0.29, 0.717) is 64.2 Å². The first-order chi connectivity index (χ1) is 22.7. The molecule has 3 aliphatic rings. The third-order valence-corrected chi connectivity index (χ3v) is 9.92. The predicted octanol–water partition coefficient (Wildman–Crippen LogP) is 4.62. The number of hydrogen-bond acceptors (Lipinski definition) is 10. The van der Waals surface area contributed by atoms with Crippen molar-refractivity contribution in [2.75, 3.05) is 56.3 Å². The van der Waals surface area contributed by atoms with E-state index in [1.807, 2.05) is 56.1 Å². The van der Waals surface area contributed by atoms with Crippen molar-refractivity contribution in [2.45, 2.75) is 51.0 Å². The standard InChI is InChI=1S/C36H42N2O9/c1-18-30(41-4)21-15-22-36(40)38-23(17-47-16-20-13-11-10-12-14-20)25-26(31(42-5)19(2)33(44-7)35(25)46-9)29(39)28(38)27(37(22)3)24(21)34(45-8)32(18)43-6/h10-14,22-23,27-28H,15-17H2,1-9H3/t22-,23-,27?,28?/m0/s1. The minimum atomic E-state index is -0.960. The second kappa shape index (κ2) is 12.6. The summed E-state index contributed by atoms with van der Waals surface area (Å²) in [5.74, 6) is 2.35. The fraction of sp³-hybridized carbons (Fsp3) is 0.444. The highest BCUT2D eigenvalue weighted by molar-refractivity contribution is 6.10. The Balaban J connectivity index is 1.62. The van der Waals surface area contributed by atoms with Crippen LogP contribution in [0.15, 0.2) is 30.3 Å². The largest absolute Gasteiger partial charge is 0.496 e. The van der Waals surface area contributed by atoms with Gasteiger partial charge in [-0.25, -0.2) is 0 Å². The Morgan fingerprint density at radius 3 is 1.83 bits per heavy atom. The van der Waals surface area contributed by atoms with Gasteiger partial charge in [0.15, 0.2) is 28.8 Å². The number of nitrogens with zero attached hydrogens (tertiary/aromatic N) is 2. The fourth-order valence-electron chi connectivity index (χ4n) is 7.98. The van der Waals surface area contributed by atoms with Crippen LogP contribution in [0.4, 0.5) is 0 Å². The van der Waals surface area contributed by atoms with E-state index in [2.05, 4.69) is 0 Å². The number of piperazine rings is 1. The summed E-state index contributed by atoms with van der Waals surface area (Å²) in [4.78, 5) is 33.6. The van der Waals surface area contributed by atoms with Crippen molar-refractivity contribution in [3.05, 3.63) is 69.3 Å². The lowest BCUT2D eigenvalue weighted by molar-refractivity contribution is -0.156. The van der Waals surface area contributed by atoms with Crippen LogP contribution in [0.25, 0.3) is 0 Å². The lowest BCUT2D eigenvalue weighted by Gasteiger charge is -2.56. The van der Waals surface area contributed by atoms with Crippen molar-refractivity contribution in [3.63, 3.8) is 0 Å². The van der Waals surface area contributed by atoms with Gasteiger partial charge in [-0.2, -0.15) is 0 Å². The number of ketones is 1. The molecule has 0 spiro atoms. The minimum absolute atomic E-state index is 0.0941. The van der Waals surface area contributed by atoms with Crippen LogP contribution in [0.2, 0.25) is 0 Å². The van der Waals surface area contributed by atoms with Crippen molar-refractivity contribution in [2.24, 2.45) is 0 Å². The highest BCUT2D eigenvalue weighted by atomic mass is 16.5. The molecule has 4 atom stereocenters.